The van der Waals surface area contributed by atoms with Crippen LogP contribution in [0, 0.1) is 22.7 Å². The SMILES string of the molecule is N#C/C(=C/c1cc(Cl)c(OCc2ccccc2C#N)c(Cl)c1)C(=O)Nc1ccccc1. The van der Waals surface area contributed by atoms with E-state index in [2.05, 4.69) is 11.4 Å². The van der Waals surface area contributed by atoms with Gasteiger partial charge in [-0.1, -0.05) is 59.6 Å². The van der Waals surface area contributed by atoms with Gasteiger partial charge in [0.1, 0.15) is 18.2 Å². The van der Waals surface area contributed by atoms with Crippen LogP contribution in [0.3, 0.4) is 0 Å². The van der Waals surface area contributed by atoms with E-state index in [0.717, 1.165) is 0 Å². The summed E-state index contributed by atoms with van der Waals surface area (Å²) in [5.41, 5.74) is 2.14. The number of carbonyl (C=O) groups excluding carboxylic acids is 1. The summed E-state index contributed by atoms with van der Waals surface area (Å²) >= 11 is 12.6. The summed E-state index contributed by atoms with van der Waals surface area (Å²) in [7, 11) is 0. The highest BCUT2D eigenvalue weighted by atomic mass is 35.5. The van der Waals surface area contributed by atoms with E-state index >= 15 is 0 Å². The van der Waals surface area contributed by atoms with Crippen LogP contribution in [-0.4, -0.2) is 5.91 Å². The molecule has 0 atom stereocenters. The minimum absolute atomic E-state index is 0.104. The molecule has 3 rings (SSSR count). The maximum absolute atomic E-state index is 12.4. The van der Waals surface area contributed by atoms with Crippen LogP contribution in [0.5, 0.6) is 5.75 Å². The quantitative estimate of drug-likeness (QED) is 0.371. The number of nitrogens with one attached hydrogen (secondary N) is 1. The molecule has 0 unspecified atom stereocenters. The summed E-state index contributed by atoms with van der Waals surface area (Å²) < 4.78 is 5.73. The molecule has 3 aromatic rings. The van der Waals surface area contributed by atoms with Crippen molar-refractivity contribution in [2.75, 3.05) is 5.32 Å². The van der Waals surface area contributed by atoms with Gasteiger partial charge < -0.3 is 10.1 Å². The van der Waals surface area contributed by atoms with Gasteiger partial charge in [0, 0.05) is 11.3 Å². The Morgan fingerprint density at radius 1 is 1.00 bits per heavy atom. The summed E-state index contributed by atoms with van der Waals surface area (Å²) in [6.45, 7) is 0.112. The second-order valence-corrected chi connectivity index (χ2v) is 7.18. The number of nitrogens with zero attached hydrogens (tertiary/aromatic N) is 2. The summed E-state index contributed by atoms with van der Waals surface area (Å²) in [6.07, 6.45) is 1.39. The molecular weight excluding hydrogens is 433 g/mol. The summed E-state index contributed by atoms with van der Waals surface area (Å²) in [4.78, 5) is 12.4. The highest BCUT2D eigenvalue weighted by Gasteiger charge is 2.14. The van der Waals surface area contributed by atoms with Crippen molar-refractivity contribution in [3.8, 4) is 17.9 Å². The molecule has 0 aromatic heterocycles. The van der Waals surface area contributed by atoms with Crippen LogP contribution in [0.15, 0.2) is 72.3 Å². The van der Waals surface area contributed by atoms with Crippen LogP contribution < -0.4 is 10.1 Å². The van der Waals surface area contributed by atoms with Crippen LogP contribution in [-0.2, 0) is 11.4 Å². The average Bonchev–Trinajstić information content (AvgIpc) is 2.77. The van der Waals surface area contributed by atoms with Gasteiger partial charge in [-0.05, 0) is 42.0 Å². The lowest BCUT2D eigenvalue weighted by Crippen LogP contribution is -2.13. The van der Waals surface area contributed by atoms with E-state index in [0.29, 0.717) is 22.4 Å². The third kappa shape index (κ3) is 5.65. The van der Waals surface area contributed by atoms with Gasteiger partial charge in [0.15, 0.2) is 5.75 Å². The molecule has 1 amide bonds. The van der Waals surface area contributed by atoms with E-state index in [4.69, 9.17) is 27.9 Å². The Bertz CT molecular complexity index is 1200. The topological polar surface area (TPSA) is 85.9 Å². The largest absolute Gasteiger partial charge is 0.486 e. The van der Waals surface area contributed by atoms with Gasteiger partial charge in [0.2, 0.25) is 0 Å². The number of carbonyl (C=O) groups is 1. The fraction of sp³-hybridized carbons (Fsp3) is 0.0417. The van der Waals surface area contributed by atoms with E-state index < -0.39 is 5.91 Å². The summed E-state index contributed by atoms with van der Waals surface area (Å²) in [5, 5.41) is 21.7. The lowest BCUT2D eigenvalue weighted by atomic mass is 10.1. The molecule has 0 aliphatic carbocycles. The number of halogens is 2. The minimum atomic E-state index is -0.547. The lowest BCUT2D eigenvalue weighted by Gasteiger charge is -2.12. The molecule has 0 bridgehead atoms. The lowest BCUT2D eigenvalue weighted by molar-refractivity contribution is -0.112. The average molecular weight is 448 g/mol. The van der Waals surface area contributed by atoms with E-state index in [1.807, 2.05) is 12.1 Å². The van der Waals surface area contributed by atoms with Gasteiger partial charge in [-0.15, -0.1) is 0 Å². The summed E-state index contributed by atoms with van der Waals surface area (Å²) in [6, 6.07) is 22.9. The third-order valence-electron chi connectivity index (χ3n) is 4.24. The Kier molecular flexibility index (Phi) is 7.30. The second-order valence-electron chi connectivity index (χ2n) is 6.36. The van der Waals surface area contributed by atoms with Crippen molar-refractivity contribution in [3.05, 3.63) is 99.0 Å². The predicted octanol–water partition coefficient (Wildman–Crippen LogP) is 5.99. The monoisotopic (exact) mass is 447 g/mol. The number of ether oxygens (including phenoxy) is 1. The molecule has 0 fully saturated rings. The predicted molar refractivity (Wildman–Crippen MR) is 121 cm³/mol. The van der Waals surface area contributed by atoms with Gasteiger partial charge in [0.05, 0.1) is 21.7 Å². The first kappa shape index (κ1) is 21.9. The molecule has 7 heteroatoms. The van der Waals surface area contributed by atoms with Crippen molar-refractivity contribution in [2.24, 2.45) is 0 Å². The van der Waals surface area contributed by atoms with Gasteiger partial charge in [0.25, 0.3) is 5.91 Å². The van der Waals surface area contributed by atoms with Crippen LogP contribution >= 0.6 is 23.2 Å². The second kappa shape index (κ2) is 10.3. The van der Waals surface area contributed by atoms with E-state index in [1.165, 1.54) is 6.08 Å². The highest BCUT2D eigenvalue weighted by Crippen LogP contribution is 2.35. The molecule has 0 aliphatic rings. The van der Waals surface area contributed by atoms with Crippen molar-refractivity contribution < 1.29 is 9.53 Å². The number of amides is 1. The molecule has 5 nitrogen and oxygen atoms in total. The zero-order chi connectivity index (χ0) is 22.2. The fourth-order valence-corrected chi connectivity index (χ4v) is 3.35. The van der Waals surface area contributed by atoms with Crippen LogP contribution in [0.4, 0.5) is 5.69 Å². The molecule has 152 valence electrons. The highest BCUT2D eigenvalue weighted by molar-refractivity contribution is 6.37. The Morgan fingerprint density at radius 2 is 1.65 bits per heavy atom. The van der Waals surface area contributed by atoms with Crippen molar-refractivity contribution in [2.45, 2.75) is 6.61 Å². The molecule has 3 aromatic carbocycles. The maximum Gasteiger partial charge on any atom is 0.266 e. The molecule has 0 saturated carbocycles. The first-order chi connectivity index (χ1) is 15.0. The summed E-state index contributed by atoms with van der Waals surface area (Å²) in [5.74, 6) is -0.296. The molecule has 0 spiro atoms. The number of hydrogen-bond donors (Lipinski definition) is 1. The normalized spacial score (nSPS) is 10.6. The first-order valence-corrected chi connectivity index (χ1v) is 9.85. The van der Waals surface area contributed by atoms with E-state index in [-0.39, 0.29) is 28.0 Å². The van der Waals surface area contributed by atoms with Crippen LogP contribution in [0.2, 0.25) is 10.0 Å². The maximum atomic E-state index is 12.4. The fourth-order valence-electron chi connectivity index (χ4n) is 2.74. The molecule has 0 aliphatic heterocycles. The van der Waals surface area contributed by atoms with E-state index in [9.17, 15) is 15.3 Å². The number of anilines is 1. The van der Waals surface area contributed by atoms with Crippen molar-refractivity contribution in [1.29, 1.82) is 10.5 Å². The van der Waals surface area contributed by atoms with Gasteiger partial charge >= 0.3 is 0 Å². The third-order valence-corrected chi connectivity index (χ3v) is 4.80. The molecular formula is C24H15Cl2N3O2. The van der Waals surface area contributed by atoms with Crippen LogP contribution in [0.1, 0.15) is 16.7 Å². The Hall–Kier alpha value is -3.77. The number of rotatable bonds is 6. The number of hydrogen-bond acceptors (Lipinski definition) is 4. The van der Waals surface area contributed by atoms with E-state index in [1.54, 1.807) is 60.7 Å². The smallest absolute Gasteiger partial charge is 0.266 e. The number of benzene rings is 3. The van der Waals surface area contributed by atoms with Gasteiger partial charge in [-0.3, -0.25) is 4.79 Å². The Labute approximate surface area is 189 Å². The Morgan fingerprint density at radius 3 is 2.29 bits per heavy atom. The standard InChI is InChI=1S/C24H15Cl2N3O2/c25-21-11-16(10-19(14-28)24(30)29-20-8-2-1-3-9-20)12-22(26)23(21)31-15-18-7-5-4-6-17(18)13-27/h1-12H,15H2,(H,29,30)/b19-10-. The number of nitriles is 2. The molecule has 1 N–H and O–H groups in total. The molecule has 0 saturated heterocycles. The minimum Gasteiger partial charge on any atom is -0.486 e. The first-order valence-electron chi connectivity index (χ1n) is 9.10. The zero-order valence-electron chi connectivity index (χ0n) is 16.1. The van der Waals surface area contributed by atoms with Gasteiger partial charge in [-0.25, -0.2) is 0 Å². The zero-order valence-corrected chi connectivity index (χ0v) is 17.6. The molecule has 31 heavy (non-hydrogen) atoms. The molecule has 0 radical (unpaired) electrons. The Balaban J connectivity index is 1.79. The number of para-hydroxylation sites is 1. The molecule has 0 heterocycles. The van der Waals surface area contributed by atoms with Crippen LogP contribution in [0.25, 0.3) is 6.08 Å². The van der Waals surface area contributed by atoms with Crippen molar-refractivity contribution in [1.82, 2.24) is 0 Å². The van der Waals surface area contributed by atoms with Gasteiger partial charge in [-0.2, -0.15) is 10.5 Å². The van der Waals surface area contributed by atoms with Crippen molar-refractivity contribution in [3.63, 3.8) is 0 Å². The van der Waals surface area contributed by atoms with Crippen molar-refractivity contribution >= 4 is 40.9 Å².